The Hall–Kier alpha value is -0.517. The van der Waals surface area contributed by atoms with E-state index in [9.17, 15) is 9.90 Å². The first-order valence-electron chi connectivity index (χ1n) is 10.0. The van der Waals surface area contributed by atoms with Crippen LogP contribution >= 0.6 is 45.8 Å². The van der Waals surface area contributed by atoms with Crippen LogP contribution in [-0.2, 0) is 25.1 Å². The van der Waals surface area contributed by atoms with Gasteiger partial charge in [0.05, 0.1) is 5.60 Å². The van der Waals surface area contributed by atoms with Crippen LogP contribution in [0.3, 0.4) is 0 Å². The quantitative estimate of drug-likeness (QED) is 0.0993. The van der Waals surface area contributed by atoms with Crippen LogP contribution in [0.25, 0.3) is 0 Å². The number of alkyl halides is 3. The maximum absolute atomic E-state index is 11.2. The number of benzene rings is 2. The Morgan fingerprint density at radius 2 is 1.41 bits per heavy atom. The molecule has 1 N–H and O–H groups in total. The molecule has 0 aromatic heterocycles. The fourth-order valence-corrected chi connectivity index (χ4v) is 3.08. The zero-order valence-electron chi connectivity index (χ0n) is 19.1. The minimum absolute atomic E-state index is 0. The van der Waals surface area contributed by atoms with E-state index in [2.05, 4.69) is 35.7 Å². The van der Waals surface area contributed by atoms with Crippen LogP contribution in [0.2, 0.25) is 0 Å². The van der Waals surface area contributed by atoms with Crippen molar-refractivity contribution in [2.75, 3.05) is 16.2 Å². The number of allylic oxidation sites excluding steroid dienone is 1. The van der Waals surface area contributed by atoms with Crippen molar-refractivity contribution in [3.8, 4) is 0 Å². The average molecular weight is 641 g/mol. The first-order valence-corrected chi connectivity index (χ1v) is 12.6. The van der Waals surface area contributed by atoms with Gasteiger partial charge in [-0.15, -0.1) is 29.8 Å². The zero-order valence-corrected chi connectivity index (χ0v) is 25.8. The second-order valence-corrected chi connectivity index (χ2v) is 8.81. The minimum Gasteiger partial charge on any atom is -0.385 e. The predicted octanol–water partition coefficient (Wildman–Crippen LogP) is 7.96. The number of hydrogen-bond acceptors (Lipinski definition) is 2. The van der Waals surface area contributed by atoms with Gasteiger partial charge < -0.3 is 5.11 Å². The van der Waals surface area contributed by atoms with Gasteiger partial charge in [0.15, 0.2) is 5.78 Å². The molecule has 0 aliphatic carbocycles. The van der Waals surface area contributed by atoms with E-state index in [4.69, 9.17) is 23.2 Å². The number of halogens is 3. The van der Waals surface area contributed by atoms with E-state index in [1.807, 2.05) is 62.4 Å². The van der Waals surface area contributed by atoms with Gasteiger partial charge in [-0.1, -0.05) is 101 Å². The van der Waals surface area contributed by atoms with Crippen LogP contribution in [0.5, 0.6) is 0 Å². The number of carbonyl (C=O) groups excluding carboxylic acids is 1. The molecule has 1 atom stereocenters. The van der Waals surface area contributed by atoms with Gasteiger partial charge in [0.25, 0.3) is 0 Å². The summed E-state index contributed by atoms with van der Waals surface area (Å²) in [6, 6.07) is 18.8. The van der Waals surface area contributed by atoms with Gasteiger partial charge in [0, 0.05) is 54.1 Å². The third-order valence-corrected chi connectivity index (χ3v) is 5.74. The third-order valence-electron chi connectivity index (χ3n) is 4.06. The summed E-state index contributed by atoms with van der Waals surface area (Å²) in [4.78, 5) is 11.2. The van der Waals surface area contributed by atoms with Crippen molar-refractivity contribution in [3.63, 3.8) is 0 Å². The molecule has 6 heteroatoms. The smallest absolute Gasteiger partial charge is 0.164 e. The Morgan fingerprint density at radius 3 is 1.78 bits per heavy atom. The van der Waals surface area contributed by atoms with Crippen molar-refractivity contribution in [2.45, 2.75) is 38.7 Å². The van der Waals surface area contributed by atoms with Crippen molar-refractivity contribution >= 4 is 51.6 Å². The van der Waals surface area contributed by atoms with Crippen LogP contribution in [0.15, 0.2) is 85.0 Å². The molecule has 0 saturated heterocycles. The molecule has 0 radical (unpaired) electrons. The molecule has 0 spiro atoms. The Balaban J connectivity index is 0. The molecule has 0 heterocycles. The number of aliphatic hydroxyl groups is 1. The molecule has 0 aliphatic heterocycles. The summed E-state index contributed by atoms with van der Waals surface area (Å²) < 4.78 is 1.08. The Bertz CT molecular complexity index is 785. The van der Waals surface area contributed by atoms with Gasteiger partial charge in [0.1, 0.15) is 0 Å². The standard InChI is InChI=1S/C13H17ClO.C9H9ClO.C4H7I.Zn/c1-11(2)10-13(15,8-9-14)12-6-4-3-5-7-12;10-7-6-9(11)8-4-2-1-3-5-8;1-4(2)3-5;/h3-7,15H,1,8-10H2,2H3;1-5H,6-7H2;1,3H2,2H3;. The van der Waals surface area contributed by atoms with E-state index >= 15 is 0 Å². The van der Waals surface area contributed by atoms with E-state index in [0.29, 0.717) is 31.0 Å². The van der Waals surface area contributed by atoms with Crippen molar-refractivity contribution in [2.24, 2.45) is 0 Å². The van der Waals surface area contributed by atoms with Crippen molar-refractivity contribution in [3.05, 3.63) is 96.1 Å². The molecule has 2 aromatic rings. The molecule has 0 bridgehead atoms. The number of carbonyl (C=O) groups is 1. The Morgan fingerprint density at radius 1 is 0.938 bits per heavy atom. The van der Waals surface area contributed by atoms with E-state index in [0.717, 1.165) is 21.1 Å². The summed E-state index contributed by atoms with van der Waals surface area (Å²) in [6.45, 7) is 11.4. The zero-order chi connectivity index (χ0) is 23.7. The van der Waals surface area contributed by atoms with Crippen LogP contribution < -0.4 is 0 Å². The largest absolute Gasteiger partial charge is 0.385 e. The minimum atomic E-state index is -0.866. The number of hydrogen-bond donors (Lipinski definition) is 1. The second-order valence-electron chi connectivity index (χ2n) is 7.29. The first-order chi connectivity index (χ1) is 14.7. The molecule has 0 fully saturated rings. The Kier molecular flexibility index (Phi) is 20.9. The molecule has 2 rings (SSSR count). The maximum atomic E-state index is 11.2. The summed E-state index contributed by atoms with van der Waals surface area (Å²) in [7, 11) is 0. The summed E-state index contributed by atoms with van der Waals surface area (Å²) in [5.41, 5.74) is 2.99. The topological polar surface area (TPSA) is 37.3 Å². The predicted molar refractivity (Wildman–Crippen MR) is 145 cm³/mol. The number of Topliss-reactive ketones (excluding diaryl/α,β-unsaturated/α-hetero) is 1. The molecule has 0 aliphatic rings. The molecule has 2 nitrogen and oxygen atoms in total. The SMILES string of the molecule is C=C(C)CC(O)(CCCl)c1ccccc1.C=C(C)CI.O=C(CCCl)c1ccccc1.[Zn]. The fraction of sp³-hybridized carbons (Fsp3) is 0.346. The van der Waals surface area contributed by atoms with Gasteiger partial charge in [-0.2, -0.15) is 0 Å². The molecular formula is C26H33Cl2IO2Zn. The van der Waals surface area contributed by atoms with Crippen molar-refractivity contribution in [1.29, 1.82) is 0 Å². The number of rotatable bonds is 9. The van der Waals surface area contributed by atoms with E-state index in [1.165, 1.54) is 5.57 Å². The second kappa shape index (κ2) is 19.9. The van der Waals surface area contributed by atoms with Gasteiger partial charge in [-0.25, -0.2) is 0 Å². The van der Waals surface area contributed by atoms with Gasteiger partial charge >= 0.3 is 0 Å². The van der Waals surface area contributed by atoms with E-state index in [-0.39, 0.29) is 25.3 Å². The van der Waals surface area contributed by atoms with Gasteiger partial charge in [0.2, 0.25) is 0 Å². The van der Waals surface area contributed by atoms with Crippen molar-refractivity contribution < 1.29 is 29.4 Å². The van der Waals surface area contributed by atoms with Gasteiger partial charge in [-0.05, 0) is 25.8 Å². The summed E-state index contributed by atoms with van der Waals surface area (Å²) in [5.74, 6) is 0.951. The molecule has 172 valence electrons. The third kappa shape index (κ3) is 15.3. The normalized spacial score (nSPS) is 11.3. The van der Waals surface area contributed by atoms with Crippen LogP contribution in [0, 0.1) is 0 Å². The molecular weight excluding hydrogens is 607 g/mol. The monoisotopic (exact) mass is 638 g/mol. The van der Waals surface area contributed by atoms with Crippen molar-refractivity contribution in [1.82, 2.24) is 0 Å². The maximum Gasteiger partial charge on any atom is 0.164 e. The summed E-state index contributed by atoms with van der Waals surface area (Å²) in [6.07, 6.45) is 1.53. The molecule has 0 saturated carbocycles. The van der Waals surface area contributed by atoms with E-state index in [1.54, 1.807) is 12.1 Å². The summed E-state index contributed by atoms with van der Waals surface area (Å²) in [5, 5.41) is 10.5. The molecule has 32 heavy (non-hydrogen) atoms. The molecule has 1 unspecified atom stereocenters. The van der Waals surface area contributed by atoms with E-state index < -0.39 is 5.60 Å². The van der Waals surface area contributed by atoms with Gasteiger partial charge in [-0.3, -0.25) is 4.79 Å². The number of ketones is 1. The summed E-state index contributed by atoms with van der Waals surface area (Å²) >= 11 is 13.4. The van der Waals surface area contributed by atoms with Crippen LogP contribution in [-0.4, -0.2) is 27.1 Å². The average Bonchev–Trinajstić information content (AvgIpc) is 2.75. The van der Waals surface area contributed by atoms with Crippen LogP contribution in [0.1, 0.15) is 49.0 Å². The molecule has 2 aromatic carbocycles. The fourth-order valence-electron chi connectivity index (χ4n) is 2.59. The Labute approximate surface area is 230 Å². The van der Waals surface area contributed by atoms with Crippen LogP contribution in [0.4, 0.5) is 0 Å². The molecule has 0 amide bonds. The first kappa shape index (κ1) is 33.7.